The second-order valence-electron chi connectivity index (χ2n) is 3.45. The first kappa shape index (κ1) is 10.5. The highest BCUT2D eigenvalue weighted by Gasteiger charge is 1.99. The van der Waals surface area contributed by atoms with E-state index in [4.69, 9.17) is 9.47 Å². The van der Waals surface area contributed by atoms with Crippen LogP contribution in [0.1, 0.15) is 5.56 Å². The number of hydrogen-bond donors (Lipinski definition) is 0. The smallest absolute Gasteiger partial charge is 0.216 e. The molecule has 16 heavy (non-hydrogen) atoms. The number of ether oxygens (including phenoxy) is 2. The van der Waals surface area contributed by atoms with Gasteiger partial charge >= 0.3 is 0 Å². The highest BCUT2D eigenvalue weighted by atomic mass is 16.5. The van der Waals surface area contributed by atoms with Crippen LogP contribution in [-0.2, 0) is 0 Å². The lowest BCUT2D eigenvalue weighted by molar-refractivity contribution is 0.392. The van der Waals surface area contributed by atoms with Crippen molar-refractivity contribution in [2.24, 2.45) is 0 Å². The van der Waals surface area contributed by atoms with Crippen LogP contribution in [0.3, 0.4) is 0 Å². The van der Waals surface area contributed by atoms with Crippen LogP contribution >= 0.6 is 0 Å². The molecule has 3 heteroatoms. The van der Waals surface area contributed by atoms with Crippen LogP contribution in [0.2, 0.25) is 0 Å². The van der Waals surface area contributed by atoms with Gasteiger partial charge in [-0.25, -0.2) is 4.98 Å². The molecule has 0 radical (unpaired) electrons. The predicted molar refractivity (Wildman–Crippen MR) is 62.0 cm³/mol. The fourth-order valence-electron chi connectivity index (χ4n) is 1.31. The van der Waals surface area contributed by atoms with Crippen molar-refractivity contribution in [3.8, 4) is 17.4 Å². The van der Waals surface area contributed by atoms with Gasteiger partial charge in [-0.2, -0.15) is 0 Å². The molecular weight excluding hydrogens is 202 g/mol. The summed E-state index contributed by atoms with van der Waals surface area (Å²) in [4.78, 5) is 4.01. The summed E-state index contributed by atoms with van der Waals surface area (Å²) < 4.78 is 10.7. The number of aromatic nitrogens is 1. The molecular formula is C13H13NO2. The number of rotatable bonds is 3. The zero-order chi connectivity index (χ0) is 11.4. The minimum atomic E-state index is 0.546. The molecule has 0 atom stereocenters. The van der Waals surface area contributed by atoms with E-state index in [0.29, 0.717) is 5.88 Å². The van der Waals surface area contributed by atoms with Gasteiger partial charge in [0.1, 0.15) is 11.5 Å². The number of hydrogen-bond acceptors (Lipinski definition) is 3. The van der Waals surface area contributed by atoms with Crippen molar-refractivity contribution in [3.63, 3.8) is 0 Å². The Balaban J connectivity index is 2.16. The molecule has 0 bridgehead atoms. The summed E-state index contributed by atoms with van der Waals surface area (Å²) in [5.74, 6) is 2.07. The van der Waals surface area contributed by atoms with Crippen molar-refractivity contribution in [3.05, 3.63) is 48.2 Å². The maximum atomic E-state index is 5.66. The summed E-state index contributed by atoms with van der Waals surface area (Å²) in [7, 11) is 1.58. The van der Waals surface area contributed by atoms with Crippen molar-refractivity contribution in [2.75, 3.05) is 7.11 Å². The van der Waals surface area contributed by atoms with E-state index in [1.165, 1.54) is 5.56 Å². The molecule has 2 aromatic rings. The van der Waals surface area contributed by atoms with Crippen LogP contribution in [-0.4, -0.2) is 12.1 Å². The first-order valence-corrected chi connectivity index (χ1v) is 5.02. The van der Waals surface area contributed by atoms with E-state index in [1.807, 2.05) is 31.2 Å². The molecule has 0 fully saturated rings. The second-order valence-corrected chi connectivity index (χ2v) is 3.45. The molecule has 2 rings (SSSR count). The number of methoxy groups -OCH3 is 1. The Morgan fingerprint density at radius 2 is 1.75 bits per heavy atom. The summed E-state index contributed by atoms with van der Waals surface area (Å²) in [5, 5.41) is 0. The maximum Gasteiger partial charge on any atom is 0.216 e. The molecule has 1 aromatic heterocycles. The molecule has 82 valence electrons. The average Bonchev–Trinajstić information content (AvgIpc) is 2.32. The SMILES string of the molecule is COc1cc(Oc2ccc(C)cc2)ccn1. The number of benzene rings is 1. The monoisotopic (exact) mass is 215 g/mol. The van der Waals surface area contributed by atoms with Crippen LogP contribution in [0.4, 0.5) is 0 Å². The van der Waals surface area contributed by atoms with Gasteiger partial charge in [-0.1, -0.05) is 17.7 Å². The molecule has 1 aromatic carbocycles. The predicted octanol–water partition coefficient (Wildman–Crippen LogP) is 3.19. The van der Waals surface area contributed by atoms with Crippen LogP contribution in [0, 0.1) is 6.92 Å². The van der Waals surface area contributed by atoms with E-state index in [2.05, 4.69) is 4.98 Å². The summed E-state index contributed by atoms with van der Waals surface area (Å²) in [6.45, 7) is 2.04. The zero-order valence-corrected chi connectivity index (χ0v) is 9.31. The van der Waals surface area contributed by atoms with Gasteiger partial charge in [0.25, 0.3) is 0 Å². The van der Waals surface area contributed by atoms with Crippen LogP contribution in [0.15, 0.2) is 42.6 Å². The number of pyridine rings is 1. The fraction of sp³-hybridized carbons (Fsp3) is 0.154. The Hall–Kier alpha value is -2.03. The first-order valence-electron chi connectivity index (χ1n) is 5.02. The van der Waals surface area contributed by atoms with Crippen molar-refractivity contribution < 1.29 is 9.47 Å². The fourth-order valence-corrected chi connectivity index (χ4v) is 1.31. The third kappa shape index (κ3) is 2.51. The maximum absolute atomic E-state index is 5.66. The molecule has 0 amide bonds. The Bertz CT molecular complexity index is 466. The molecule has 0 unspecified atom stereocenters. The normalized spacial score (nSPS) is 9.88. The minimum Gasteiger partial charge on any atom is -0.481 e. The van der Waals surface area contributed by atoms with Gasteiger partial charge in [0.2, 0.25) is 5.88 Å². The van der Waals surface area contributed by atoms with Gasteiger partial charge in [0.05, 0.1) is 7.11 Å². The van der Waals surface area contributed by atoms with Crippen molar-refractivity contribution in [1.29, 1.82) is 0 Å². The van der Waals surface area contributed by atoms with E-state index < -0.39 is 0 Å². The lowest BCUT2D eigenvalue weighted by Crippen LogP contribution is -1.89. The third-order valence-corrected chi connectivity index (χ3v) is 2.17. The summed E-state index contributed by atoms with van der Waals surface area (Å²) in [6.07, 6.45) is 1.66. The molecule has 0 saturated heterocycles. The van der Waals surface area contributed by atoms with Gasteiger partial charge < -0.3 is 9.47 Å². The average molecular weight is 215 g/mol. The Morgan fingerprint density at radius 1 is 1.00 bits per heavy atom. The molecule has 0 spiro atoms. The van der Waals surface area contributed by atoms with E-state index in [9.17, 15) is 0 Å². The van der Waals surface area contributed by atoms with E-state index >= 15 is 0 Å². The van der Waals surface area contributed by atoms with Gasteiger partial charge in [0, 0.05) is 12.3 Å². The Labute approximate surface area is 94.7 Å². The lowest BCUT2D eigenvalue weighted by atomic mass is 10.2. The molecule has 0 aliphatic heterocycles. The summed E-state index contributed by atoms with van der Waals surface area (Å²) in [6, 6.07) is 11.4. The summed E-state index contributed by atoms with van der Waals surface area (Å²) in [5.41, 5.74) is 1.21. The zero-order valence-electron chi connectivity index (χ0n) is 9.31. The lowest BCUT2D eigenvalue weighted by Gasteiger charge is -2.06. The van der Waals surface area contributed by atoms with Crippen molar-refractivity contribution >= 4 is 0 Å². The molecule has 0 saturated carbocycles. The quantitative estimate of drug-likeness (QED) is 0.787. The van der Waals surface area contributed by atoms with Gasteiger partial charge in [-0.3, -0.25) is 0 Å². The largest absolute Gasteiger partial charge is 0.481 e. The molecule has 0 aliphatic rings. The van der Waals surface area contributed by atoms with Crippen LogP contribution in [0.5, 0.6) is 17.4 Å². The topological polar surface area (TPSA) is 31.4 Å². The standard InChI is InChI=1S/C13H13NO2/c1-10-3-5-11(6-4-10)16-12-7-8-14-13(9-12)15-2/h3-9H,1-2H3. The van der Waals surface area contributed by atoms with Crippen LogP contribution < -0.4 is 9.47 Å². The van der Waals surface area contributed by atoms with Crippen molar-refractivity contribution in [1.82, 2.24) is 4.98 Å². The number of aryl methyl sites for hydroxylation is 1. The summed E-state index contributed by atoms with van der Waals surface area (Å²) >= 11 is 0. The molecule has 3 nitrogen and oxygen atoms in total. The van der Waals surface area contributed by atoms with Gasteiger partial charge in [0.15, 0.2) is 0 Å². The van der Waals surface area contributed by atoms with E-state index in [0.717, 1.165) is 11.5 Å². The Kier molecular flexibility index (Phi) is 3.05. The molecule has 0 aliphatic carbocycles. The third-order valence-electron chi connectivity index (χ3n) is 2.17. The first-order chi connectivity index (χ1) is 7.78. The number of nitrogens with zero attached hydrogens (tertiary/aromatic N) is 1. The second kappa shape index (κ2) is 4.66. The van der Waals surface area contributed by atoms with Crippen LogP contribution in [0.25, 0.3) is 0 Å². The van der Waals surface area contributed by atoms with Gasteiger partial charge in [-0.05, 0) is 25.1 Å². The highest BCUT2D eigenvalue weighted by molar-refractivity contribution is 5.34. The van der Waals surface area contributed by atoms with Crippen molar-refractivity contribution in [2.45, 2.75) is 6.92 Å². The Morgan fingerprint density at radius 3 is 2.44 bits per heavy atom. The minimum absolute atomic E-state index is 0.546. The van der Waals surface area contributed by atoms with E-state index in [-0.39, 0.29) is 0 Å². The highest BCUT2D eigenvalue weighted by Crippen LogP contribution is 2.23. The van der Waals surface area contributed by atoms with Gasteiger partial charge in [-0.15, -0.1) is 0 Å². The molecule has 0 N–H and O–H groups in total. The molecule has 1 heterocycles. The van der Waals surface area contributed by atoms with E-state index in [1.54, 1.807) is 25.4 Å².